The summed E-state index contributed by atoms with van der Waals surface area (Å²) in [6.45, 7) is 2.42. The summed E-state index contributed by atoms with van der Waals surface area (Å²) in [7, 11) is 0. The molecule has 3 N–H and O–H groups in total. The second-order valence-corrected chi connectivity index (χ2v) is 6.59. The molecule has 3 atom stereocenters. The first-order chi connectivity index (χ1) is 11.5. The summed E-state index contributed by atoms with van der Waals surface area (Å²) in [5.41, 5.74) is 3.06. The molecule has 5 heteroatoms. The van der Waals surface area contributed by atoms with Gasteiger partial charge in [-0.25, -0.2) is 0 Å². The highest BCUT2D eigenvalue weighted by Crippen LogP contribution is 2.28. The van der Waals surface area contributed by atoms with E-state index in [9.17, 15) is 9.90 Å². The maximum Gasteiger partial charge on any atom is 0.237 e. The zero-order chi connectivity index (χ0) is 17.1. The van der Waals surface area contributed by atoms with Crippen molar-refractivity contribution in [3.63, 3.8) is 0 Å². The molecule has 2 aromatic rings. The van der Waals surface area contributed by atoms with Crippen LogP contribution in [0.5, 0.6) is 0 Å². The van der Waals surface area contributed by atoms with Gasteiger partial charge in [0.15, 0.2) is 0 Å². The maximum atomic E-state index is 12.2. The third kappa shape index (κ3) is 3.78. The number of carbonyl (C=O) groups is 1. The van der Waals surface area contributed by atoms with E-state index in [-0.39, 0.29) is 18.0 Å². The van der Waals surface area contributed by atoms with Gasteiger partial charge in [0.1, 0.15) is 0 Å². The van der Waals surface area contributed by atoms with Crippen LogP contribution >= 0.6 is 11.6 Å². The Morgan fingerprint density at radius 3 is 2.58 bits per heavy atom. The van der Waals surface area contributed by atoms with Crippen molar-refractivity contribution in [3.8, 4) is 11.1 Å². The van der Waals surface area contributed by atoms with Gasteiger partial charge in [0, 0.05) is 17.1 Å². The summed E-state index contributed by atoms with van der Waals surface area (Å²) in [6, 6.07) is 15.3. The fourth-order valence-electron chi connectivity index (χ4n) is 2.96. The van der Waals surface area contributed by atoms with Crippen LogP contribution in [0, 0.1) is 0 Å². The topological polar surface area (TPSA) is 61.4 Å². The van der Waals surface area contributed by atoms with E-state index < -0.39 is 6.10 Å². The predicted octanol–water partition coefficient (Wildman–Crippen LogP) is 2.91. The molecule has 0 aromatic heterocycles. The smallest absolute Gasteiger partial charge is 0.237 e. The van der Waals surface area contributed by atoms with E-state index in [0.29, 0.717) is 13.0 Å². The van der Waals surface area contributed by atoms with Crippen molar-refractivity contribution in [3.05, 3.63) is 59.1 Å². The van der Waals surface area contributed by atoms with Crippen molar-refractivity contribution in [2.75, 3.05) is 6.54 Å². The quantitative estimate of drug-likeness (QED) is 0.799. The second-order valence-electron chi connectivity index (χ2n) is 6.18. The Kier molecular flexibility index (Phi) is 5.19. The summed E-state index contributed by atoms with van der Waals surface area (Å²) >= 11 is 6.23. The van der Waals surface area contributed by atoms with E-state index in [1.54, 1.807) is 0 Å². The number of hydrogen-bond acceptors (Lipinski definition) is 3. The zero-order valence-electron chi connectivity index (χ0n) is 13.5. The van der Waals surface area contributed by atoms with E-state index in [0.717, 1.165) is 21.7 Å². The number of nitrogens with one attached hydrogen (secondary N) is 2. The highest BCUT2D eigenvalue weighted by Gasteiger charge is 2.28. The van der Waals surface area contributed by atoms with Gasteiger partial charge in [-0.3, -0.25) is 4.79 Å². The molecular weight excluding hydrogens is 324 g/mol. The summed E-state index contributed by atoms with van der Waals surface area (Å²) in [5.74, 6) is -0.0748. The summed E-state index contributed by atoms with van der Waals surface area (Å²) in [6.07, 6.45) is 0.0234. The first kappa shape index (κ1) is 17.0. The largest absolute Gasteiger partial charge is 0.392 e. The number of halogens is 1. The molecule has 1 heterocycles. The van der Waals surface area contributed by atoms with Crippen LogP contribution < -0.4 is 10.6 Å². The molecule has 1 aliphatic rings. The van der Waals surface area contributed by atoms with E-state index in [4.69, 9.17) is 11.6 Å². The fourth-order valence-corrected chi connectivity index (χ4v) is 3.21. The maximum absolute atomic E-state index is 12.2. The van der Waals surface area contributed by atoms with Crippen LogP contribution in [0.4, 0.5) is 0 Å². The number of aliphatic hydroxyl groups excluding tert-OH is 1. The van der Waals surface area contributed by atoms with E-state index >= 15 is 0 Å². The lowest BCUT2D eigenvalue weighted by molar-refractivity contribution is -0.123. The molecule has 0 saturated carbocycles. The van der Waals surface area contributed by atoms with Crippen molar-refractivity contribution < 1.29 is 9.90 Å². The molecule has 0 aliphatic carbocycles. The third-order valence-electron chi connectivity index (χ3n) is 4.38. The van der Waals surface area contributed by atoms with Crippen molar-refractivity contribution in [1.82, 2.24) is 10.6 Å². The summed E-state index contributed by atoms with van der Waals surface area (Å²) in [5, 5.41) is 16.2. The van der Waals surface area contributed by atoms with Crippen LogP contribution in [-0.2, 0) is 4.79 Å². The second kappa shape index (κ2) is 7.34. The predicted molar refractivity (Wildman–Crippen MR) is 95.9 cm³/mol. The number of amides is 1. The molecular formula is C19H21ClN2O2. The van der Waals surface area contributed by atoms with Crippen molar-refractivity contribution in [2.45, 2.75) is 31.5 Å². The molecule has 1 fully saturated rings. The van der Waals surface area contributed by atoms with Gasteiger partial charge in [-0.15, -0.1) is 0 Å². The minimum atomic E-state index is -0.439. The van der Waals surface area contributed by atoms with Gasteiger partial charge in [-0.05, 0) is 30.5 Å². The molecule has 0 radical (unpaired) electrons. The van der Waals surface area contributed by atoms with Gasteiger partial charge in [-0.2, -0.15) is 0 Å². The lowest BCUT2D eigenvalue weighted by atomic mass is 10.0. The molecule has 126 valence electrons. The Balaban J connectivity index is 1.67. The fraction of sp³-hybridized carbons (Fsp3) is 0.316. The van der Waals surface area contributed by atoms with E-state index in [1.807, 2.05) is 55.5 Å². The SMILES string of the molecule is C[C@H](NC(=O)C1CC(O)CN1)c1ccc(-c2ccccc2Cl)cc1. The molecule has 1 saturated heterocycles. The number of aliphatic hydroxyl groups is 1. The van der Waals surface area contributed by atoms with Crippen LogP contribution in [0.2, 0.25) is 5.02 Å². The Morgan fingerprint density at radius 2 is 1.96 bits per heavy atom. The average Bonchev–Trinajstić information content (AvgIpc) is 3.02. The molecule has 3 rings (SSSR count). The summed E-state index contributed by atoms with van der Waals surface area (Å²) in [4.78, 5) is 12.2. The lowest BCUT2D eigenvalue weighted by Gasteiger charge is -2.18. The molecule has 24 heavy (non-hydrogen) atoms. The highest BCUT2D eigenvalue weighted by atomic mass is 35.5. The van der Waals surface area contributed by atoms with Gasteiger partial charge in [0.2, 0.25) is 5.91 Å². The standard InChI is InChI=1S/C19H21ClN2O2/c1-12(22-19(24)18-10-15(23)11-21-18)13-6-8-14(9-7-13)16-4-2-3-5-17(16)20/h2-9,12,15,18,21,23H,10-11H2,1H3,(H,22,24)/t12-,15?,18?/m0/s1. The first-order valence-electron chi connectivity index (χ1n) is 8.11. The van der Waals surface area contributed by atoms with Gasteiger partial charge in [0.05, 0.1) is 18.2 Å². The minimum absolute atomic E-state index is 0.0748. The van der Waals surface area contributed by atoms with Crippen molar-refractivity contribution >= 4 is 17.5 Å². The van der Waals surface area contributed by atoms with Crippen LogP contribution in [0.3, 0.4) is 0 Å². The molecule has 1 aliphatic heterocycles. The van der Waals surface area contributed by atoms with Crippen LogP contribution in [0.25, 0.3) is 11.1 Å². The molecule has 4 nitrogen and oxygen atoms in total. The third-order valence-corrected chi connectivity index (χ3v) is 4.71. The summed E-state index contributed by atoms with van der Waals surface area (Å²) < 4.78 is 0. The normalized spacial score (nSPS) is 21.5. The minimum Gasteiger partial charge on any atom is -0.392 e. The number of rotatable bonds is 4. The number of β-amino-alcohol motifs (C(OH)–C–C–N with tert-alkyl or cyclic N) is 1. The van der Waals surface area contributed by atoms with E-state index in [2.05, 4.69) is 10.6 Å². The lowest BCUT2D eigenvalue weighted by Crippen LogP contribution is -2.41. The Labute approximate surface area is 146 Å². The van der Waals surface area contributed by atoms with Crippen LogP contribution in [0.15, 0.2) is 48.5 Å². The Morgan fingerprint density at radius 1 is 1.25 bits per heavy atom. The van der Waals surface area contributed by atoms with Crippen LogP contribution in [-0.4, -0.2) is 29.7 Å². The first-order valence-corrected chi connectivity index (χ1v) is 8.49. The number of benzene rings is 2. The Hall–Kier alpha value is -1.88. The van der Waals surface area contributed by atoms with Gasteiger partial charge < -0.3 is 15.7 Å². The van der Waals surface area contributed by atoms with Crippen LogP contribution in [0.1, 0.15) is 24.9 Å². The molecule has 0 bridgehead atoms. The van der Waals surface area contributed by atoms with Crippen molar-refractivity contribution in [2.24, 2.45) is 0 Å². The van der Waals surface area contributed by atoms with Gasteiger partial charge in [0.25, 0.3) is 0 Å². The van der Waals surface area contributed by atoms with Crippen molar-refractivity contribution in [1.29, 1.82) is 0 Å². The highest BCUT2D eigenvalue weighted by molar-refractivity contribution is 6.33. The number of carbonyl (C=O) groups excluding carboxylic acids is 1. The van der Waals surface area contributed by atoms with Gasteiger partial charge in [-0.1, -0.05) is 54.1 Å². The molecule has 2 aromatic carbocycles. The van der Waals surface area contributed by atoms with E-state index in [1.165, 1.54) is 0 Å². The molecule has 2 unspecified atom stereocenters. The molecule has 0 spiro atoms. The monoisotopic (exact) mass is 344 g/mol. The average molecular weight is 345 g/mol. The number of hydrogen-bond donors (Lipinski definition) is 3. The van der Waals surface area contributed by atoms with Gasteiger partial charge >= 0.3 is 0 Å². The Bertz CT molecular complexity index is 718. The zero-order valence-corrected chi connectivity index (χ0v) is 14.3. The molecule has 1 amide bonds.